The van der Waals surface area contributed by atoms with Crippen LogP contribution in [0.25, 0.3) is 0 Å². The number of aliphatic hydroxyl groups is 1. The van der Waals surface area contributed by atoms with Crippen molar-refractivity contribution in [2.75, 3.05) is 39.3 Å². The topological polar surface area (TPSA) is 79.3 Å². The molecule has 3 aliphatic heterocycles. The number of carbonyl (C=O) groups excluding carboxylic acids is 2. The van der Waals surface area contributed by atoms with Gasteiger partial charge in [0, 0.05) is 50.4 Å². The van der Waals surface area contributed by atoms with Crippen molar-refractivity contribution in [2.24, 2.45) is 0 Å². The van der Waals surface area contributed by atoms with Crippen LogP contribution in [0.15, 0.2) is 30.3 Å². The first-order chi connectivity index (χ1) is 15.5. The van der Waals surface area contributed by atoms with E-state index in [0.717, 1.165) is 61.4 Å². The van der Waals surface area contributed by atoms with E-state index in [2.05, 4.69) is 15.9 Å². The monoisotopic (exact) mass is 436 g/mol. The number of carbonyl (C=O) groups is 2. The lowest BCUT2D eigenvalue weighted by molar-refractivity contribution is 0.0526. The molecule has 0 radical (unpaired) electrons. The third-order valence-electron chi connectivity index (χ3n) is 6.93. The van der Waals surface area contributed by atoms with Crippen LogP contribution < -0.4 is 0 Å². The summed E-state index contributed by atoms with van der Waals surface area (Å²) in [5.41, 5.74) is 6.27. The van der Waals surface area contributed by atoms with Crippen molar-refractivity contribution in [2.45, 2.75) is 32.7 Å². The first kappa shape index (κ1) is 21.1. The lowest BCUT2D eigenvalue weighted by Gasteiger charge is -2.36. The second-order valence-corrected chi connectivity index (χ2v) is 8.86. The summed E-state index contributed by atoms with van der Waals surface area (Å²) in [6.45, 7) is 7.95. The number of nitrogens with zero attached hydrogens (tertiary/aromatic N) is 2. The maximum absolute atomic E-state index is 11.7. The van der Waals surface area contributed by atoms with Crippen molar-refractivity contribution in [3.05, 3.63) is 69.3 Å². The van der Waals surface area contributed by atoms with Gasteiger partial charge in [0.05, 0.1) is 17.2 Å². The summed E-state index contributed by atoms with van der Waals surface area (Å²) in [6, 6.07) is 9.62. The maximum Gasteiger partial charge on any atom is 0.338 e. The Balaban J connectivity index is 1.11. The molecule has 0 saturated carbocycles. The summed E-state index contributed by atoms with van der Waals surface area (Å²) in [4.78, 5) is 28.1. The number of fused-ring (bicyclic) bond motifs is 2. The van der Waals surface area contributed by atoms with Crippen molar-refractivity contribution in [1.29, 1.82) is 0 Å². The molecule has 0 aliphatic carbocycles. The van der Waals surface area contributed by atoms with Crippen LogP contribution in [-0.4, -0.2) is 66.1 Å². The van der Waals surface area contributed by atoms with E-state index in [9.17, 15) is 14.7 Å². The Morgan fingerprint density at radius 2 is 1.62 bits per heavy atom. The first-order valence-corrected chi connectivity index (χ1v) is 11.2. The Labute approximate surface area is 187 Å². The van der Waals surface area contributed by atoms with Gasteiger partial charge in [-0.25, -0.2) is 9.59 Å². The van der Waals surface area contributed by atoms with Gasteiger partial charge in [-0.1, -0.05) is 18.2 Å². The SMILES string of the molecule is Cc1c(C(O)CN2CCN(CCc3ccc4c(c3)COC4=O)CC2)ccc2c1COC2=O. The molecule has 32 heavy (non-hydrogen) atoms. The lowest BCUT2D eigenvalue weighted by atomic mass is 9.95. The van der Waals surface area contributed by atoms with E-state index in [4.69, 9.17) is 9.47 Å². The summed E-state index contributed by atoms with van der Waals surface area (Å²) >= 11 is 0. The molecule has 7 nitrogen and oxygen atoms in total. The molecular weight excluding hydrogens is 408 g/mol. The molecule has 1 unspecified atom stereocenters. The summed E-state index contributed by atoms with van der Waals surface area (Å²) < 4.78 is 10.2. The molecule has 0 aromatic heterocycles. The first-order valence-electron chi connectivity index (χ1n) is 11.2. The number of ether oxygens (including phenoxy) is 2. The molecular formula is C25H28N2O5. The van der Waals surface area contributed by atoms with Crippen molar-refractivity contribution in [3.63, 3.8) is 0 Å². The van der Waals surface area contributed by atoms with Gasteiger partial charge in [0.25, 0.3) is 0 Å². The number of β-amino-alcohol motifs (C(OH)–C–C–N with tert-alkyl or cyclic N) is 1. The number of piperazine rings is 1. The molecule has 3 aliphatic rings. The molecule has 168 valence electrons. The molecule has 3 heterocycles. The number of cyclic esters (lactones) is 2. The fourth-order valence-corrected chi connectivity index (χ4v) is 4.90. The highest BCUT2D eigenvalue weighted by Gasteiger charge is 2.27. The molecule has 2 aromatic rings. The third-order valence-corrected chi connectivity index (χ3v) is 6.93. The van der Waals surface area contributed by atoms with Crippen LogP contribution in [0, 0.1) is 6.92 Å². The Hall–Kier alpha value is -2.74. The van der Waals surface area contributed by atoms with Crippen molar-refractivity contribution >= 4 is 11.9 Å². The van der Waals surface area contributed by atoms with Gasteiger partial charge in [0.15, 0.2) is 0 Å². The van der Waals surface area contributed by atoms with Gasteiger partial charge in [-0.05, 0) is 42.2 Å². The largest absolute Gasteiger partial charge is 0.457 e. The molecule has 0 spiro atoms. The summed E-state index contributed by atoms with van der Waals surface area (Å²) in [5.74, 6) is -0.497. The molecule has 0 amide bonds. The van der Waals surface area contributed by atoms with E-state index in [1.165, 1.54) is 5.56 Å². The van der Waals surface area contributed by atoms with E-state index >= 15 is 0 Å². The number of aliphatic hydroxyl groups excluding tert-OH is 1. The molecule has 1 N–H and O–H groups in total. The predicted octanol–water partition coefficient (Wildman–Crippen LogP) is 2.23. The van der Waals surface area contributed by atoms with Gasteiger partial charge < -0.3 is 19.5 Å². The average Bonchev–Trinajstić information content (AvgIpc) is 3.36. The number of benzene rings is 2. The van der Waals surface area contributed by atoms with Crippen LogP contribution in [0.4, 0.5) is 0 Å². The van der Waals surface area contributed by atoms with Crippen LogP contribution in [0.5, 0.6) is 0 Å². The van der Waals surface area contributed by atoms with Crippen LogP contribution in [0.1, 0.15) is 54.6 Å². The highest BCUT2D eigenvalue weighted by Crippen LogP contribution is 2.29. The van der Waals surface area contributed by atoms with Gasteiger partial charge >= 0.3 is 11.9 Å². The Kier molecular flexibility index (Phi) is 5.71. The minimum atomic E-state index is -0.584. The Bertz CT molecular complexity index is 1060. The van der Waals surface area contributed by atoms with Crippen LogP contribution in [0.2, 0.25) is 0 Å². The zero-order valence-corrected chi connectivity index (χ0v) is 18.3. The standard InChI is InChI=1S/C25H28N2O5/c1-16-19(4-5-21-22(16)15-32-25(21)30)23(28)13-27-10-8-26(9-11-27)7-6-17-2-3-20-18(12-17)14-31-24(20)29/h2-5,12,23,28H,6-11,13-15H2,1H3. The van der Waals surface area contributed by atoms with Gasteiger partial charge in [0.1, 0.15) is 13.2 Å². The minimum Gasteiger partial charge on any atom is -0.457 e. The van der Waals surface area contributed by atoms with Gasteiger partial charge in [-0.2, -0.15) is 0 Å². The second kappa shape index (κ2) is 8.65. The quantitative estimate of drug-likeness (QED) is 0.696. The van der Waals surface area contributed by atoms with Crippen molar-refractivity contribution in [3.8, 4) is 0 Å². The highest BCUT2D eigenvalue weighted by atomic mass is 16.5. The molecule has 7 heteroatoms. The smallest absolute Gasteiger partial charge is 0.338 e. The van der Waals surface area contributed by atoms with E-state index in [0.29, 0.717) is 30.9 Å². The number of hydrogen-bond donors (Lipinski definition) is 1. The van der Waals surface area contributed by atoms with E-state index in [1.807, 2.05) is 25.1 Å². The highest BCUT2D eigenvalue weighted by molar-refractivity contribution is 5.94. The van der Waals surface area contributed by atoms with Crippen molar-refractivity contribution in [1.82, 2.24) is 9.80 Å². The van der Waals surface area contributed by atoms with Crippen LogP contribution in [0.3, 0.4) is 0 Å². The van der Waals surface area contributed by atoms with Gasteiger partial charge in [-0.3, -0.25) is 4.90 Å². The van der Waals surface area contributed by atoms with Gasteiger partial charge in [0.2, 0.25) is 0 Å². The molecule has 5 rings (SSSR count). The second-order valence-electron chi connectivity index (χ2n) is 8.86. The summed E-state index contributed by atoms with van der Waals surface area (Å²) in [7, 11) is 0. The zero-order valence-electron chi connectivity index (χ0n) is 18.3. The number of rotatable bonds is 6. The molecule has 1 saturated heterocycles. The van der Waals surface area contributed by atoms with Crippen molar-refractivity contribution < 1.29 is 24.2 Å². The summed E-state index contributed by atoms with van der Waals surface area (Å²) in [6.07, 6.45) is 0.359. The average molecular weight is 437 g/mol. The Morgan fingerprint density at radius 1 is 0.938 bits per heavy atom. The maximum atomic E-state index is 11.7. The number of esters is 2. The molecule has 2 aromatic carbocycles. The predicted molar refractivity (Wildman–Crippen MR) is 117 cm³/mol. The molecule has 1 fully saturated rings. The normalized spacial score (nSPS) is 19.4. The molecule has 0 bridgehead atoms. The Morgan fingerprint density at radius 3 is 2.44 bits per heavy atom. The number of hydrogen-bond acceptors (Lipinski definition) is 7. The lowest BCUT2D eigenvalue weighted by Crippen LogP contribution is -2.48. The zero-order chi connectivity index (χ0) is 22.2. The molecule has 1 atom stereocenters. The summed E-state index contributed by atoms with van der Waals surface area (Å²) in [5, 5.41) is 10.8. The van der Waals surface area contributed by atoms with Crippen LogP contribution >= 0.6 is 0 Å². The van der Waals surface area contributed by atoms with Gasteiger partial charge in [-0.15, -0.1) is 0 Å². The van der Waals surface area contributed by atoms with Crippen LogP contribution in [-0.2, 0) is 29.1 Å². The van der Waals surface area contributed by atoms with E-state index < -0.39 is 6.10 Å². The fraction of sp³-hybridized carbons (Fsp3) is 0.440. The minimum absolute atomic E-state index is 0.221. The fourth-order valence-electron chi connectivity index (χ4n) is 4.90. The third kappa shape index (κ3) is 4.03. The van der Waals surface area contributed by atoms with E-state index in [-0.39, 0.29) is 11.9 Å². The van der Waals surface area contributed by atoms with E-state index in [1.54, 1.807) is 6.07 Å².